The van der Waals surface area contributed by atoms with E-state index in [1.165, 1.54) is 17.7 Å². The Morgan fingerprint density at radius 1 is 1.07 bits per heavy atom. The molecule has 0 saturated carbocycles. The van der Waals surface area contributed by atoms with Crippen LogP contribution in [0, 0.1) is 17.1 Å². The van der Waals surface area contributed by atoms with Crippen LogP contribution in [-0.4, -0.2) is 48.4 Å². The smallest absolute Gasteiger partial charge is 0.225 e. The molecule has 1 N–H and O–H groups in total. The Kier molecular flexibility index (Phi) is 7.12. The van der Waals surface area contributed by atoms with E-state index < -0.39 is 0 Å². The molecule has 146 valence electrons. The second kappa shape index (κ2) is 9.98. The van der Waals surface area contributed by atoms with Gasteiger partial charge < -0.3 is 10.2 Å². The Balaban J connectivity index is 1.42. The Morgan fingerprint density at radius 2 is 1.82 bits per heavy atom. The first-order valence-corrected chi connectivity index (χ1v) is 9.61. The van der Waals surface area contributed by atoms with Crippen molar-refractivity contribution < 1.29 is 9.18 Å². The van der Waals surface area contributed by atoms with Crippen molar-refractivity contribution in [2.24, 2.45) is 0 Å². The van der Waals surface area contributed by atoms with Crippen molar-refractivity contribution in [2.45, 2.75) is 19.4 Å². The van der Waals surface area contributed by atoms with Crippen LogP contribution in [0.3, 0.4) is 0 Å². The van der Waals surface area contributed by atoms with E-state index in [1.807, 2.05) is 24.3 Å². The van der Waals surface area contributed by atoms with Crippen LogP contribution in [0.5, 0.6) is 0 Å². The molecule has 1 fully saturated rings. The van der Waals surface area contributed by atoms with Crippen molar-refractivity contribution in [1.29, 1.82) is 5.26 Å². The third kappa shape index (κ3) is 6.15. The third-order valence-corrected chi connectivity index (χ3v) is 4.93. The Morgan fingerprint density at radius 3 is 2.57 bits per heavy atom. The number of nitriles is 1. The van der Waals surface area contributed by atoms with Gasteiger partial charge in [0.2, 0.25) is 5.91 Å². The van der Waals surface area contributed by atoms with Gasteiger partial charge in [0.05, 0.1) is 11.6 Å². The molecule has 0 radical (unpaired) electrons. The molecule has 0 aliphatic carbocycles. The zero-order chi connectivity index (χ0) is 19.8. The monoisotopic (exact) mass is 380 g/mol. The number of hydrogen-bond donors (Lipinski definition) is 1. The first-order valence-electron chi connectivity index (χ1n) is 9.61. The summed E-state index contributed by atoms with van der Waals surface area (Å²) >= 11 is 0. The summed E-state index contributed by atoms with van der Waals surface area (Å²) in [4.78, 5) is 16.8. The highest BCUT2D eigenvalue weighted by molar-refractivity contribution is 5.90. The normalized spacial score (nSPS) is 15.6. The standard InChI is InChI=1S/C22H25FN4O/c23-20-3-1-4-21(15-20)25-22(28)9-12-26-10-2-11-27(14-13-26)17-19-7-5-18(16-24)6-8-19/h1,3-8,15H,2,9-14,17H2,(H,25,28). The third-order valence-electron chi connectivity index (χ3n) is 4.93. The number of amides is 1. The lowest BCUT2D eigenvalue weighted by Crippen LogP contribution is -2.32. The topological polar surface area (TPSA) is 59.4 Å². The number of anilines is 1. The van der Waals surface area contributed by atoms with Gasteiger partial charge in [-0.3, -0.25) is 9.69 Å². The van der Waals surface area contributed by atoms with Crippen molar-refractivity contribution >= 4 is 11.6 Å². The van der Waals surface area contributed by atoms with Crippen LogP contribution in [0.4, 0.5) is 10.1 Å². The first-order chi connectivity index (χ1) is 13.6. The Bertz CT molecular complexity index is 831. The molecule has 1 amide bonds. The summed E-state index contributed by atoms with van der Waals surface area (Å²) in [5, 5.41) is 11.6. The highest BCUT2D eigenvalue weighted by Gasteiger charge is 2.16. The molecule has 0 bridgehead atoms. The van der Waals surface area contributed by atoms with Crippen LogP contribution in [0.2, 0.25) is 0 Å². The average Bonchev–Trinajstić information content (AvgIpc) is 2.92. The van der Waals surface area contributed by atoms with Gasteiger partial charge in [-0.2, -0.15) is 5.26 Å². The molecule has 1 heterocycles. The molecule has 3 rings (SSSR count). The number of carbonyl (C=O) groups is 1. The summed E-state index contributed by atoms with van der Waals surface area (Å²) in [5.41, 5.74) is 2.39. The van der Waals surface area contributed by atoms with E-state index in [1.54, 1.807) is 12.1 Å². The quantitative estimate of drug-likeness (QED) is 0.836. The predicted molar refractivity (Wildman–Crippen MR) is 107 cm³/mol. The second-order valence-electron chi connectivity index (χ2n) is 7.09. The summed E-state index contributed by atoms with van der Waals surface area (Å²) < 4.78 is 13.2. The van der Waals surface area contributed by atoms with Gasteiger partial charge in [-0.05, 0) is 55.4 Å². The second-order valence-corrected chi connectivity index (χ2v) is 7.09. The fraction of sp³-hybridized carbons (Fsp3) is 0.364. The minimum atomic E-state index is -0.354. The van der Waals surface area contributed by atoms with Crippen LogP contribution >= 0.6 is 0 Å². The number of carbonyl (C=O) groups excluding carboxylic acids is 1. The van der Waals surface area contributed by atoms with Crippen molar-refractivity contribution in [3.05, 3.63) is 65.5 Å². The number of benzene rings is 2. The molecule has 0 atom stereocenters. The molecular weight excluding hydrogens is 355 g/mol. The molecule has 2 aromatic carbocycles. The minimum Gasteiger partial charge on any atom is -0.326 e. The molecule has 0 unspecified atom stereocenters. The molecule has 0 aromatic heterocycles. The molecule has 28 heavy (non-hydrogen) atoms. The van der Waals surface area contributed by atoms with E-state index in [-0.39, 0.29) is 11.7 Å². The molecule has 2 aromatic rings. The van der Waals surface area contributed by atoms with E-state index in [0.29, 0.717) is 24.2 Å². The molecule has 1 aliphatic heterocycles. The van der Waals surface area contributed by atoms with Gasteiger partial charge in [-0.25, -0.2) is 4.39 Å². The zero-order valence-electron chi connectivity index (χ0n) is 15.9. The molecule has 5 nitrogen and oxygen atoms in total. The van der Waals surface area contributed by atoms with Crippen LogP contribution in [0.25, 0.3) is 0 Å². The van der Waals surface area contributed by atoms with E-state index in [9.17, 15) is 9.18 Å². The predicted octanol–water partition coefficient (Wildman–Crippen LogP) is 3.23. The molecule has 1 aliphatic rings. The van der Waals surface area contributed by atoms with Gasteiger partial charge in [-0.15, -0.1) is 0 Å². The van der Waals surface area contributed by atoms with E-state index in [2.05, 4.69) is 21.2 Å². The molecule has 0 spiro atoms. The average molecular weight is 380 g/mol. The fourth-order valence-electron chi connectivity index (χ4n) is 3.40. The van der Waals surface area contributed by atoms with E-state index in [4.69, 9.17) is 5.26 Å². The summed E-state index contributed by atoms with van der Waals surface area (Å²) in [5.74, 6) is -0.447. The van der Waals surface area contributed by atoms with Gasteiger partial charge in [0, 0.05) is 38.3 Å². The van der Waals surface area contributed by atoms with Crippen LogP contribution in [0.1, 0.15) is 24.0 Å². The van der Waals surface area contributed by atoms with Crippen molar-refractivity contribution in [2.75, 3.05) is 38.0 Å². The Hall–Kier alpha value is -2.75. The summed E-state index contributed by atoms with van der Waals surface area (Å²) in [6.45, 7) is 5.43. The SMILES string of the molecule is N#Cc1ccc(CN2CCCN(CCC(=O)Nc3cccc(F)c3)CC2)cc1. The summed E-state index contributed by atoms with van der Waals surface area (Å²) in [7, 11) is 0. The lowest BCUT2D eigenvalue weighted by atomic mass is 10.1. The molecule has 1 saturated heterocycles. The van der Waals surface area contributed by atoms with Gasteiger partial charge >= 0.3 is 0 Å². The maximum atomic E-state index is 13.2. The minimum absolute atomic E-state index is 0.0933. The van der Waals surface area contributed by atoms with Gasteiger partial charge in [0.15, 0.2) is 0 Å². The van der Waals surface area contributed by atoms with Crippen LogP contribution < -0.4 is 5.32 Å². The van der Waals surface area contributed by atoms with Crippen molar-refractivity contribution in [1.82, 2.24) is 9.80 Å². The van der Waals surface area contributed by atoms with Gasteiger partial charge in [0.1, 0.15) is 5.82 Å². The number of halogens is 1. The van der Waals surface area contributed by atoms with Crippen LogP contribution in [-0.2, 0) is 11.3 Å². The lowest BCUT2D eigenvalue weighted by molar-refractivity contribution is -0.116. The largest absolute Gasteiger partial charge is 0.326 e. The van der Waals surface area contributed by atoms with Gasteiger partial charge in [0.25, 0.3) is 0 Å². The summed E-state index contributed by atoms with van der Waals surface area (Å²) in [6.07, 6.45) is 1.45. The maximum absolute atomic E-state index is 13.2. The maximum Gasteiger partial charge on any atom is 0.225 e. The number of nitrogens with one attached hydrogen (secondary N) is 1. The first kappa shape index (κ1) is 20.0. The molecular formula is C22H25FN4O. The highest BCUT2D eigenvalue weighted by atomic mass is 19.1. The summed E-state index contributed by atoms with van der Waals surface area (Å²) in [6, 6.07) is 15.8. The number of nitrogens with zero attached hydrogens (tertiary/aromatic N) is 3. The van der Waals surface area contributed by atoms with Crippen molar-refractivity contribution in [3.8, 4) is 6.07 Å². The van der Waals surface area contributed by atoms with Crippen LogP contribution in [0.15, 0.2) is 48.5 Å². The lowest BCUT2D eigenvalue weighted by Gasteiger charge is -2.21. The number of rotatable bonds is 6. The van der Waals surface area contributed by atoms with E-state index in [0.717, 1.165) is 39.1 Å². The highest BCUT2D eigenvalue weighted by Crippen LogP contribution is 2.12. The van der Waals surface area contributed by atoms with Crippen molar-refractivity contribution in [3.63, 3.8) is 0 Å². The van der Waals surface area contributed by atoms with E-state index >= 15 is 0 Å². The Labute approximate surface area is 165 Å². The number of hydrogen-bond acceptors (Lipinski definition) is 4. The molecule has 6 heteroatoms. The fourth-order valence-corrected chi connectivity index (χ4v) is 3.40. The van der Waals surface area contributed by atoms with Gasteiger partial charge in [-0.1, -0.05) is 18.2 Å². The zero-order valence-corrected chi connectivity index (χ0v) is 15.9.